The molecule has 0 spiro atoms. The fraction of sp³-hybridized carbons (Fsp3) is 0.591. The molecule has 0 amide bonds. The number of rotatable bonds is 3. The van der Waals surface area contributed by atoms with Gasteiger partial charge in [-0.2, -0.15) is 0 Å². The first-order valence-corrected chi connectivity index (χ1v) is 9.91. The van der Waals surface area contributed by atoms with Gasteiger partial charge < -0.3 is 19.5 Å². The van der Waals surface area contributed by atoms with Gasteiger partial charge in [-0.1, -0.05) is 12.8 Å². The van der Waals surface area contributed by atoms with Crippen molar-refractivity contribution in [3.05, 3.63) is 28.8 Å². The van der Waals surface area contributed by atoms with Crippen LogP contribution in [0.5, 0.6) is 11.5 Å². The Morgan fingerprint density at radius 1 is 1.33 bits per heavy atom. The third-order valence-electron chi connectivity index (χ3n) is 7.18. The third-order valence-corrected chi connectivity index (χ3v) is 7.18. The molecule has 1 aromatic rings. The molecule has 1 heterocycles. The molecule has 146 valence electrons. The first-order valence-electron chi connectivity index (χ1n) is 9.91. The minimum atomic E-state index is -0.377. The maximum Gasteiger partial charge on any atom is 0.330 e. The van der Waals surface area contributed by atoms with Crippen LogP contribution in [0.4, 0.5) is 0 Å². The van der Waals surface area contributed by atoms with E-state index in [1.54, 1.807) is 7.11 Å². The van der Waals surface area contributed by atoms with Crippen LogP contribution in [0, 0.1) is 5.92 Å². The number of ether oxygens (including phenoxy) is 2. The fourth-order valence-electron chi connectivity index (χ4n) is 5.92. The maximum atomic E-state index is 11.7. The molecule has 3 atom stereocenters. The number of hydrogen-bond acceptors (Lipinski definition) is 5. The summed E-state index contributed by atoms with van der Waals surface area (Å²) in [6.45, 7) is 1.06. The number of carbonyl (C=O) groups excluding carboxylic acids is 1. The molecule has 27 heavy (non-hydrogen) atoms. The summed E-state index contributed by atoms with van der Waals surface area (Å²) in [5, 5.41) is 11.1. The zero-order chi connectivity index (χ0) is 19.2. The molecule has 3 unspecified atom stereocenters. The van der Waals surface area contributed by atoms with E-state index in [-0.39, 0.29) is 11.4 Å². The van der Waals surface area contributed by atoms with Crippen molar-refractivity contribution in [1.82, 2.24) is 4.90 Å². The van der Waals surface area contributed by atoms with Crippen LogP contribution in [0.2, 0.25) is 0 Å². The number of piperidine rings is 1. The minimum Gasteiger partial charge on any atom is -0.504 e. The third kappa shape index (κ3) is 2.75. The average molecular weight is 371 g/mol. The molecule has 1 aliphatic heterocycles. The van der Waals surface area contributed by atoms with Gasteiger partial charge in [0.25, 0.3) is 0 Å². The second-order valence-corrected chi connectivity index (χ2v) is 8.24. The van der Waals surface area contributed by atoms with Crippen LogP contribution in [-0.4, -0.2) is 49.8 Å². The lowest BCUT2D eigenvalue weighted by molar-refractivity contribution is -0.134. The molecule has 2 fully saturated rings. The average Bonchev–Trinajstić information content (AvgIpc) is 2.69. The van der Waals surface area contributed by atoms with E-state index < -0.39 is 0 Å². The zero-order valence-corrected chi connectivity index (χ0v) is 16.5. The Morgan fingerprint density at radius 2 is 2.15 bits per heavy atom. The topological polar surface area (TPSA) is 59.0 Å². The van der Waals surface area contributed by atoms with Crippen molar-refractivity contribution >= 4 is 12.0 Å². The van der Waals surface area contributed by atoms with Crippen molar-refractivity contribution < 1.29 is 19.4 Å². The maximum absolute atomic E-state index is 11.7. The fourth-order valence-corrected chi connectivity index (χ4v) is 5.92. The Bertz CT molecular complexity index is 787. The summed E-state index contributed by atoms with van der Waals surface area (Å²) in [5.41, 5.74) is 3.23. The molecule has 5 heteroatoms. The van der Waals surface area contributed by atoms with Gasteiger partial charge in [-0.25, -0.2) is 4.79 Å². The van der Waals surface area contributed by atoms with Crippen LogP contribution in [-0.2, 0) is 21.4 Å². The van der Waals surface area contributed by atoms with Gasteiger partial charge in [0, 0.05) is 23.1 Å². The smallest absolute Gasteiger partial charge is 0.330 e. The molecule has 1 saturated carbocycles. The summed E-state index contributed by atoms with van der Waals surface area (Å²) in [5.74, 6) is 0.998. The standard InChI is InChI=1S/C22H29NO4/c1-23-11-10-22-9-5-4-6-16(22)17(23)13-15-14(7-8-19(24)27-3)12-18(26-2)21(25)20(15)22/h7-8,12,16-17,25H,4-6,9-11,13H2,1-3H3/b8-7+. The van der Waals surface area contributed by atoms with E-state index in [9.17, 15) is 9.90 Å². The summed E-state index contributed by atoms with van der Waals surface area (Å²) >= 11 is 0. The first kappa shape index (κ1) is 18.4. The minimum absolute atomic E-state index is 0.0233. The summed E-state index contributed by atoms with van der Waals surface area (Å²) < 4.78 is 10.3. The Morgan fingerprint density at radius 3 is 2.89 bits per heavy atom. The van der Waals surface area contributed by atoms with Gasteiger partial charge in [0.1, 0.15) is 0 Å². The second kappa shape index (κ2) is 6.86. The molecule has 0 aromatic heterocycles. The molecule has 0 radical (unpaired) electrons. The summed E-state index contributed by atoms with van der Waals surface area (Å²) in [7, 11) is 5.19. The molecule has 5 nitrogen and oxygen atoms in total. The van der Waals surface area contributed by atoms with E-state index in [0.717, 1.165) is 36.9 Å². The summed E-state index contributed by atoms with van der Waals surface area (Å²) in [4.78, 5) is 14.1. The van der Waals surface area contributed by atoms with Crippen LogP contribution in [0.3, 0.4) is 0 Å². The highest BCUT2D eigenvalue weighted by Gasteiger charge is 2.55. The number of methoxy groups -OCH3 is 2. The van der Waals surface area contributed by atoms with Gasteiger partial charge >= 0.3 is 5.97 Å². The van der Waals surface area contributed by atoms with E-state index in [1.165, 1.54) is 38.0 Å². The highest BCUT2D eigenvalue weighted by molar-refractivity contribution is 5.87. The second-order valence-electron chi connectivity index (χ2n) is 8.24. The van der Waals surface area contributed by atoms with Crippen molar-refractivity contribution in [2.45, 2.75) is 50.0 Å². The molecule has 1 aromatic carbocycles. The molecule has 1 N–H and O–H groups in total. The van der Waals surface area contributed by atoms with Crippen molar-refractivity contribution in [3.8, 4) is 11.5 Å². The van der Waals surface area contributed by atoms with Crippen LogP contribution in [0.25, 0.3) is 6.08 Å². The van der Waals surface area contributed by atoms with Gasteiger partial charge in [-0.3, -0.25) is 0 Å². The lowest BCUT2D eigenvalue weighted by Crippen LogP contribution is -2.60. The van der Waals surface area contributed by atoms with Gasteiger partial charge in [0.05, 0.1) is 14.2 Å². The summed E-state index contributed by atoms with van der Waals surface area (Å²) in [6, 6.07) is 2.34. The van der Waals surface area contributed by atoms with Crippen LogP contribution < -0.4 is 4.74 Å². The first-order chi connectivity index (χ1) is 13.0. The van der Waals surface area contributed by atoms with E-state index in [2.05, 4.69) is 11.9 Å². The van der Waals surface area contributed by atoms with Gasteiger partial charge in [0.2, 0.25) is 0 Å². The molecule has 1 saturated heterocycles. The number of hydrogen-bond donors (Lipinski definition) is 1. The number of esters is 1. The number of phenolic OH excluding ortho intramolecular Hbond substituents is 1. The van der Waals surface area contributed by atoms with Crippen molar-refractivity contribution in [1.29, 1.82) is 0 Å². The van der Waals surface area contributed by atoms with E-state index in [0.29, 0.717) is 23.5 Å². The Balaban J connectivity index is 1.93. The number of aromatic hydroxyl groups is 1. The number of carbonyl (C=O) groups is 1. The Hall–Kier alpha value is -2.01. The van der Waals surface area contributed by atoms with Crippen molar-refractivity contribution in [2.24, 2.45) is 5.92 Å². The van der Waals surface area contributed by atoms with Crippen LogP contribution >= 0.6 is 0 Å². The van der Waals surface area contributed by atoms with E-state index in [1.807, 2.05) is 12.1 Å². The van der Waals surface area contributed by atoms with Gasteiger partial charge in [-0.05, 0) is 68.5 Å². The Kier molecular flexibility index (Phi) is 4.66. The molecular formula is C22H29NO4. The normalized spacial score (nSPS) is 29.9. The monoisotopic (exact) mass is 371 g/mol. The van der Waals surface area contributed by atoms with E-state index in [4.69, 9.17) is 9.47 Å². The highest BCUT2D eigenvalue weighted by atomic mass is 16.5. The van der Waals surface area contributed by atoms with Crippen molar-refractivity contribution in [3.63, 3.8) is 0 Å². The van der Waals surface area contributed by atoms with Crippen LogP contribution in [0.1, 0.15) is 48.8 Å². The number of likely N-dealkylation sites (tertiary alicyclic amines) is 1. The SMILES string of the molecule is COC(=O)/C=C/c1cc(OC)c(O)c2c1CC1C3CCCCC23CCN1C. The molecule has 4 rings (SSSR count). The number of phenols is 1. The molecule has 2 aliphatic carbocycles. The quantitative estimate of drug-likeness (QED) is 0.653. The molecule has 2 bridgehead atoms. The molecule has 3 aliphatic rings. The lowest BCUT2D eigenvalue weighted by atomic mass is 9.52. The number of fused-ring (bicyclic) bond motifs is 1. The van der Waals surface area contributed by atoms with E-state index >= 15 is 0 Å². The van der Waals surface area contributed by atoms with Crippen molar-refractivity contribution in [2.75, 3.05) is 27.8 Å². The molecular weight excluding hydrogens is 342 g/mol. The largest absolute Gasteiger partial charge is 0.504 e. The predicted molar refractivity (Wildman–Crippen MR) is 104 cm³/mol. The highest BCUT2D eigenvalue weighted by Crippen LogP contribution is 2.59. The predicted octanol–water partition coefficient (Wildman–Crippen LogP) is 3.28. The Labute approximate surface area is 161 Å². The number of nitrogens with zero attached hydrogens (tertiary/aromatic N) is 1. The van der Waals surface area contributed by atoms with Gasteiger partial charge in [-0.15, -0.1) is 0 Å². The summed E-state index contributed by atoms with van der Waals surface area (Å²) in [6.07, 6.45) is 10.0. The van der Waals surface area contributed by atoms with Crippen LogP contribution in [0.15, 0.2) is 12.1 Å². The lowest BCUT2D eigenvalue weighted by Gasteiger charge is -2.58. The zero-order valence-electron chi connectivity index (χ0n) is 16.5. The number of benzene rings is 1. The number of likely N-dealkylation sites (N-methyl/N-ethyl adjacent to an activating group) is 1. The van der Waals surface area contributed by atoms with Gasteiger partial charge in [0.15, 0.2) is 11.5 Å².